The quantitative estimate of drug-likeness (QED) is 0.164. The normalized spacial score (nSPS) is 29.5. The van der Waals surface area contributed by atoms with Gasteiger partial charge in [0.15, 0.2) is 5.75 Å². The number of nitrogens with one attached hydrogen (secondary N) is 2. The average Bonchev–Trinajstić information content (AvgIpc) is 3.40. The molecule has 16 nitrogen and oxygen atoms in total. The molecule has 0 amide bonds. The average molecular weight is 643 g/mol. The van der Waals surface area contributed by atoms with Crippen LogP contribution in [0.2, 0.25) is 0 Å². The number of carbonyl (C=O) groups is 1. The fraction of sp³-hybridized carbons (Fsp3) is 0.429. The fourth-order valence-corrected chi connectivity index (χ4v) is 6.41. The second-order valence-electron chi connectivity index (χ2n) is 8.91. The van der Waals surface area contributed by atoms with Crippen LogP contribution in [0, 0.1) is 18.3 Å². The number of ether oxygens (including phenoxy) is 2. The van der Waals surface area contributed by atoms with Gasteiger partial charge in [-0.15, -0.1) is 5.10 Å². The number of nitrogens with zero attached hydrogens (tertiary/aromatic N) is 5. The maximum Gasteiger partial charge on any atom is 0.459 e. The summed E-state index contributed by atoms with van der Waals surface area (Å²) >= 11 is 2.75. The number of aliphatic hydroxyl groups is 1. The van der Waals surface area contributed by atoms with Crippen LogP contribution in [0.15, 0.2) is 17.2 Å². The number of halogens is 2. The number of alkyl halides is 2. The second-order valence-corrected chi connectivity index (χ2v) is 11.8. The van der Waals surface area contributed by atoms with E-state index in [1.807, 2.05) is 0 Å². The first kappa shape index (κ1) is 28.1. The van der Waals surface area contributed by atoms with Crippen LogP contribution in [0.4, 0.5) is 10.3 Å². The molecule has 0 bridgehead atoms. The molecule has 19 heteroatoms. The van der Waals surface area contributed by atoms with E-state index in [1.54, 1.807) is 13.0 Å². The third kappa shape index (κ3) is 4.44. The third-order valence-electron chi connectivity index (χ3n) is 6.33. The molecular weight excluding hydrogens is 622 g/mol. The number of aryl methyl sites for hydroxylation is 1. The van der Waals surface area contributed by atoms with Crippen molar-refractivity contribution in [1.82, 2.24) is 29.7 Å². The van der Waals surface area contributed by atoms with Gasteiger partial charge in [0.1, 0.15) is 30.6 Å². The van der Waals surface area contributed by atoms with E-state index in [0.717, 1.165) is 10.7 Å². The predicted molar refractivity (Wildman–Crippen MR) is 134 cm³/mol. The van der Waals surface area contributed by atoms with Crippen LogP contribution in [-0.2, 0) is 42.1 Å². The molecule has 5 atom stereocenters. The molecule has 0 radical (unpaired) electrons. The van der Waals surface area contributed by atoms with Crippen LogP contribution in [0.5, 0.6) is 5.75 Å². The lowest BCUT2D eigenvalue weighted by Gasteiger charge is -2.29. The highest BCUT2D eigenvalue weighted by Gasteiger charge is 2.69. The standard InChI is InChI=1S/C21H21BrFN8O8P/c1-9-15-12(11(3-26-9)6-36-10(2)32)4-28-40(35,39-15)37-7-13-16(33)21(22,23)20(8-24,38-13)14-5-27-17-18(34)29-19(25)30-31(14)17/h3,5,13,16,33H,4,6-7H2,1-2H3,(H,28,35)(H3,25,29,30,34)/t13-,16?,20+,21?,40?/m1/s1. The molecule has 2 aliphatic heterocycles. The molecule has 3 aromatic rings. The number of hydrogen-bond donors (Lipinski definition) is 4. The van der Waals surface area contributed by atoms with E-state index < -0.39 is 48.3 Å². The van der Waals surface area contributed by atoms with Gasteiger partial charge in [0, 0.05) is 30.8 Å². The van der Waals surface area contributed by atoms with E-state index in [2.05, 4.69) is 41.1 Å². The summed E-state index contributed by atoms with van der Waals surface area (Å²) in [6, 6.07) is 1.68. The Kier molecular flexibility index (Phi) is 6.93. The summed E-state index contributed by atoms with van der Waals surface area (Å²) in [7, 11) is -4.12. The minimum atomic E-state index is -4.12. The fourth-order valence-electron chi connectivity index (χ4n) is 4.34. The maximum atomic E-state index is 16.1. The Labute approximate surface area is 232 Å². The number of esters is 1. The van der Waals surface area contributed by atoms with Crippen molar-refractivity contribution in [1.29, 1.82) is 5.26 Å². The Morgan fingerprint density at radius 3 is 2.92 bits per heavy atom. The number of hydrogen-bond acceptors (Lipinski definition) is 13. The van der Waals surface area contributed by atoms with Gasteiger partial charge in [0.2, 0.25) is 21.8 Å². The summed E-state index contributed by atoms with van der Waals surface area (Å²) < 4.78 is 49.1. The second kappa shape index (κ2) is 9.87. The van der Waals surface area contributed by atoms with Crippen molar-refractivity contribution >= 4 is 41.2 Å². The van der Waals surface area contributed by atoms with Gasteiger partial charge in [0.05, 0.1) is 18.5 Å². The highest BCUT2D eigenvalue weighted by atomic mass is 79.9. The number of nitrogens with two attached hydrogens (primary N) is 1. The number of anilines is 1. The molecule has 212 valence electrons. The number of nitriles is 1. The van der Waals surface area contributed by atoms with Gasteiger partial charge < -0.3 is 24.8 Å². The van der Waals surface area contributed by atoms with Gasteiger partial charge in [-0.25, -0.2) is 23.5 Å². The molecule has 40 heavy (non-hydrogen) atoms. The SMILES string of the molecule is CC(=O)OCc1cnc(C)c2c1CNP(=O)(OC[C@H]1O[C@@](C#N)(c3cnc4c(=O)[nH]c(N)nn34)C(F)(Br)C1O)O2. The molecule has 3 unspecified atom stereocenters. The minimum absolute atomic E-state index is 0.0161. The molecule has 0 saturated carbocycles. The number of pyridine rings is 1. The first-order valence-corrected chi connectivity index (χ1v) is 13.8. The third-order valence-corrected chi connectivity index (χ3v) is 8.82. The van der Waals surface area contributed by atoms with Crippen LogP contribution in [0.25, 0.3) is 5.65 Å². The van der Waals surface area contributed by atoms with Crippen molar-refractivity contribution in [3.05, 3.63) is 45.3 Å². The van der Waals surface area contributed by atoms with Crippen LogP contribution in [0.1, 0.15) is 29.4 Å². The Morgan fingerprint density at radius 1 is 1.48 bits per heavy atom. The molecule has 2 aliphatic rings. The number of rotatable bonds is 6. The number of fused-ring (bicyclic) bond motifs is 2. The largest absolute Gasteiger partial charge is 0.461 e. The number of aliphatic hydroxyl groups excluding tert-OH is 1. The predicted octanol–water partition coefficient (Wildman–Crippen LogP) is 0.612. The lowest BCUT2D eigenvalue weighted by atomic mass is 9.94. The van der Waals surface area contributed by atoms with Crippen molar-refractivity contribution in [3.8, 4) is 11.8 Å². The summed E-state index contributed by atoms with van der Waals surface area (Å²) in [6.07, 6.45) is -1.13. The summed E-state index contributed by atoms with van der Waals surface area (Å²) in [6.45, 7) is 2.06. The van der Waals surface area contributed by atoms with E-state index in [0.29, 0.717) is 16.8 Å². The van der Waals surface area contributed by atoms with Crippen LogP contribution >= 0.6 is 23.7 Å². The zero-order valence-corrected chi connectivity index (χ0v) is 23.2. The van der Waals surface area contributed by atoms with Gasteiger partial charge in [-0.1, -0.05) is 0 Å². The van der Waals surface area contributed by atoms with Crippen molar-refractivity contribution < 1.29 is 37.4 Å². The van der Waals surface area contributed by atoms with Crippen molar-refractivity contribution in [2.24, 2.45) is 0 Å². The van der Waals surface area contributed by atoms with E-state index in [1.165, 1.54) is 13.1 Å². The summed E-state index contributed by atoms with van der Waals surface area (Å²) in [5, 5.41) is 27.4. The molecule has 5 N–H and O–H groups in total. The van der Waals surface area contributed by atoms with Crippen LogP contribution in [0.3, 0.4) is 0 Å². The van der Waals surface area contributed by atoms with E-state index in [9.17, 15) is 24.5 Å². The summed E-state index contributed by atoms with van der Waals surface area (Å²) in [5.41, 5.74) is 3.03. The van der Waals surface area contributed by atoms with Gasteiger partial charge in [-0.3, -0.25) is 24.1 Å². The number of aromatic amines is 1. The Bertz CT molecular complexity index is 1670. The molecule has 5 heterocycles. The molecular formula is C21H21BrFN8O8P. The number of nitrogen functional groups attached to an aromatic ring is 1. The zero-order valence-electron chi connectivity index (χ0n) is 20.8. The van der Waals surface area contributed by atoms with Gasteiger partial charge in [0.25, 0.3) is 5.56 Å². The van der Waals surface area contributed by atoms with E-state index in [-0.39, 0.29) is 36.2 Å². The Morgan fingerprint density at radius 2 is 2.23 bits per heavy atom. The molecule has 0 aromatic carbocycles. The number of carbonyl (C=O) groups excluding carboxylic acids is 1. The monoisotopic (exact) mass is 642 g/mol. The van der Waals surface area contributed by atoms with E-state index >= 15 is 4.39 Å². The van der Waals surface area contributed by atoms with E-state index in [4.69, 9.17) is 24.3 Å². The zero-order chi connectivity index (χ0) is 29.0. The maximum absolute atomic E-state index is 16.1. The van der Waals surface area contributed by atoms with Gasteiger partial charge in [-0.2, -0.15) is 5.26 Å². The summed E-state index contributed by atoms with van der Waals surface area (Å²) in [5.74, 6) is -0.699. The number of imidazole rings is 1. The molecule has 1 fully saturated rings. The lowest BCUT2D eigenvalue weighted by Crippen LogP contribution is -2.46. The van der Waals surface area contributed by atoms with Gasteiger partial charge >= 0.3 is 13.7 Å². The smallest absolute Gasteiger partial charge is 0.459 e. The number of aromatic nitrogens is 5. The highest BCUT2D eigenvalue weighted by molar-refractivity contribution is 9.10. The first-order chi connectivity index (χ1) is 18.8. The topological polar surface area (TPSA) is 229 Å². The Hall–Kier alpha value is -3.46. The Balaban J connectivity index is 1.40. The molecule has 1 saturated heterocycles. The van der Waals surface area contributed by atoms with Gasteiger partial charge in [-0.05, 0) is 22.9 Å². The van der Waals surface area contributed by atoms with Crippen molar-refractivity contribution in [3.63, 3.8) is 0 Å². The summed E-state index contributed by atoms with van der Waals surface area (Å²) in [4.78, 5) is 33.7. The van der Waals surface area contributed by atoms with Crippen molar-refractivity contribution in [2.75, 3.05) is 12.3 Å². The van der Waals surface area contributed by atoms with Crippen molar-refractivity contribution in [2.45, 2.75) is 49.4 Å². The number of H-pyrrole nitrogens is 1. The molecule has 0 aliphatic carbocycles. The highest BCUT2D eigenvalue weighted by Crippen LogP contribution is 2.55. The molecule has 5 rings (SSSR count). The molecule has 0 spiro atoms. The minimum Gasteiger partial charge on any atom is -0.461 e. The lowest BCUT2D eigenvalue weighted by molar-refractivity contribution is -0.142. The van der Waals surface area contributed by atoms with Crippen LogP contribution < -0.4 is 20.9 Å². The van der Waals surface area contributed by atoms with Crippen LogP contribution in [-0.4, -0.2) is 59.0 Å². The first-order valence-electron chi connectivity index (χ1n) is 11.5. The molecule has 3 aromatic heterocycles.